The van der Waals surface area contributed by atoms with Crippen molar-refractivity contribution in [3.05, 3.63) is 77.2 Å². The third kappa shape index (κ3) is 2.49. The topological polar surface area (TPSA) is 39.2 Å². The van der Waals surface area contributed by atoms with Gasteiger partial charge in [-0.2, -0.15) is 0 Å². The number of allylic oxidation sites excluding steroid dienone is 4. The standard InChI is InChI=1S/C26H25NO2/c1-26-12-11-18-15-19-23(28)5-2-6-24(19)29-25(18)21(26)9-8-20(26)16-7-10-22-17(14-16)4-3-13-27-22/h3-4,7,10-15,20-21,25H,2,5-6,8-9H2,1H3/t20-,21+,25-,26-/m1/s1. The van der Waals surface area contributed by atoms with Crippen molar-refractivity contribution in [2.75, 3.05) is 0 Å². The number of aromatic nitrogens is 1. The van der Waals surface area contributed by atoms with Gasteiger partial charge in [-0.15, -0.1) is 0 Å². The summed E-state index contributed by atoms with van der Waals surface area (Å²) >= 11 is 0. The minimum absolute atomic E-state index is 0.0641. The summed E-state index contributed by atoms with van der Waals surface area (Å²) in [7, 11) is 0. The van der Waals surface area contributed by atoms with Crippen LogP contribution in [0.3, 0.4) is 0 Å². The van der Waals surface area contributed by atoms with Crippen LogP contribution in [0.5, 0.6) is 0 Å². The Kier molecular flexibility index (Phi) is 3.65. The quantitative estimate of drug-likeness (QED) is 0.640. The number of rotatable bonds is 1. The van der Waals surface area contributed by atoms with E-state index in [1.807, 2.05) is 12.3 Å². The Bertz CT molecular complexity index is 1120. The van der Waals surface area contributed by atoms with E-state index < -0.39 is 0 Å². The van der Waals surface area contributed by atoms with Gasteiger partial charge in [0.25, 0.3) is 0 Å². The average Bonchev–Trinajstić information content (AvgIpc) is 3.10. The third-order valence-corrected chi connectivity index (χ3v) is 7.66. The molecule has 4 aliphatic rings. The first-order chi connectivity index (χ1) is 14.1. The van der Waals surface area contributed by atoms with Gasteiger partial charge in [-0.25, -0.2) is 0 Å². The summed E-state index contributed by atoms with van der Waals surface area (Å²) in [5.41, 5.74) is 4.53. The molecular formula is C26H25NO2. The zero-order chi connectivity index (χ0) is 19.6. The van der Waals surface area contributed by atoms with E-state index in [2.05, 4.69) is 54.4 Å². The molecule has 0 saturated heterocycles. The molecule has 1 fully saturated rings. The van der Waals surface area contributed by atoms with Gasteiger partial charge in [0.15, 0.2) is 5.78 Å². The van der Waals surface area contributed by atoms with Gasteiger partial charge < -0.3 is 4.74 Å². The average molecular weight is 383 g/mol. The molecule has 1 aromatic carbocycles. The largest absolute Gasteiger partial charge is 0.489 e. The van der Waals surface area contributed by atoms with Crippen molar-refractivity contribution in [3.63, 3.8) is 0 Å². The Morgan fingerprint density at radius 2 is 2.10 bits per heavy atom. The molecule has 6 rings (SSSR count). The second kappa shape index (κ2) is 6.16. The minimum Gasteiger partial charge on any atom is -0.489 e. The number of benzene rings is 1. The lowest BCUT2D eigenvalue weighted by Gasteiger charge is -2.44. The number of hydrogen-bond acceptors (Lipinski definition) is 3. The van der Waals surface area contributed by atoms with Gasteiger partial charge in [0, 0.05) is 30.3 Å². The Balaban J connectivity index is 1.38. The molecule has 0 spiro atoms. The monoisotopic (exact) mass is 383 g/mol. The molecule has 3 heteroatoms. The zero-order valence-electron chi connectivity index (χ0n) is 16.7. The van der Waals surface area contributed by atoms with Crippen LogP contribution in [0.2, 0.25) is 0 Å². The molecule has 0 N–H and O–H groups in total. The normalized spacial score (nSPS) is 33.1. The SMILES string of the molecule is C[C@]12C=CC3=CC4=C(CCCC4=O)O[C@H]3[C@@H]1CC[C@@H]2c1ccc2ncccc2c1. The van der Waals surface area contributed by atoms with Gasteiger partial charge in [0.05, 0.1) is 11.1 Å². The highest BCUT2D eigenvalue weighted by Gasteiger charge is 2.53. The first kappa shape index (κ1) is 17.2. The molecule has 3 nitrogen and oxygen atoms in total. The van der Waals surface area contributed by atoms with Crippen molar-refractivity contribution in [2.24, 2.45) is 11.3 Å². The van der Waals surface area contributed by atoms with E-state index in [9.17, 15) is 4.79 Å². The maximum absolute atomic E-state index is 12.3. The van der Waals surface area contributed by atoms with Crippen LogP contribution in [-0.4, -0.2) is 16.9 Å². The highest BCUT2D eigenvalue weighted by Crippen LogP contribution is 2.59. The van der Waals surface area contributed by atoms with Crippen LogP contribution in [-0.2, 0) is 9.53 Å². The molecule has 0 amide bonds. The third-order valence-electron chi connectivity index (χ3n) is 7.66. The first-order valence-electron chi connectivity index (χ1n) is 10.8. The second-order valence-electron chi connectivity index (χ2n) is 9.19. The summed E-state index contributed by atoms with van der Waals surface area (Å²) < 4.78 is 6.53. The van der Waals surface area contributed by atoms with E-state index in [-0.39, 0.29) is 17.3 Å². The molecule has 0 bridgehead atoms. The molecule has 0 radical (unpaired) electrons. The number of Topliss-reactive ketones (excluding diaryl/α,β-unsaturated/α-hetero) is 1. The number of pyridine rings is 1. The molecule has 1 aliphatic heterocycles. The second-order valence-corrected chi connectivity index (χ2v) is 9.19. The van der Waals surface area contributed by atoms with Crippen LogP contribution in [0.1, 0.15) is 50.5 Å². The smallest absolute Gasteiger partial charge is 0.166 e. The predicted molar refractivity (Wildman–Crippen MR) is 113 cm³/mol. The lowest BCUT2D eigenvalue weighted by molar-refractivity contribution is -0.116. The molecule has 1 saturated carbocycles. The number of ether oxygens (including phenoxy) is 1. The van der Waals surface area contributed by atoms with Crippen LogP contribution in [0.15, 0.2) is 71.7 Å². The number of nitrogens with zero attached hydrogens (tertiary/aromatic N) is 1. The first-order valence-corrected chi connectivity index (χ1v) is 10.8. The molecule has 4 atom stereocenters. The van der Waals surface area contributed by atoms with Crippen molar-refractivity contribution in [1.82, 2.24) is 4.98 Å². The Labute approximate surface area is 171 Å². The van der Waals surface area contributed by atoms with Gasteiger partial charge in [-0.3, -0.25) is 9.78 Å². The summed E-state index contributed by atoms with van der Waals surface area (Å²) in [4.78, 5) is 16.8. The van der Waals surface area contributed by atoms with Crippen molar-refractivity contribution in [3.8, 4) is 0 Å². The summed E-state index contributed by atoms with van der Waals surface area (Å²) in [5, 5.41) is 1.21. The predicted octanol–water partition coefficient (Wildman–Crippen LogP) is 5.64. The van der Waals surface area contributed by atoms with Gasteiger partial charge in [-0.1, -0.05) is 31.2 Å². The molecule has 0 unspecified atom stereocenters. The number of fused-ring (bicyclic) bond motifs is 4. The van der Waals surface area contributed by atoms with E-state index >= 15 is 0 Å². The van der Waals surface area contributed by atoms with Crippen LogP contribution < -0.4 is 0 Å². The lowest BCUT2D eigenvalue weighted by atomic mass is 9.64. The fourth-order valence-corrected chi connectivity index (χ4v) is 6.10. The van der Waals surface area contributed by atoms with Gasteiger partial charge >= 0.3 is 0 Å². The maximum Gasteiger partial charge on any atom is 0.166 e. The zero-order valence-corrected chi connectivity index (χ0v) is 16.7. The van der Waals surface area contributed by atoms with E-state index in [4.69, 9.17) is 4.74 Å². The molecule has 146 valence electrons. The molecule has 2 aromatic rings. The number of carbonyl (C=O) groups is 1. The molecule has 29 heavy (non-hydrogen) atoms. The fourth-order valence-electron chi connectivity index (χ4n) is 6.10. The number of ketones is 1. The summed E-state index contributed by atoms with van der Waals surface area (Å²) in [5.74, 6) is 2.10. The summed E-state index contributed by atoms with van der Waals surface area (Å²) in [6.45, 7) is 2.40. The lowest BCUT2D eigenvalue weighted by Crippen LogP contribution is -2.40. The van der Waals surface area contributed by atoms with E-state index in [1.54, 1.807) is 0 Å². The molecule has 1 aromatic heterocycles. The van der Waals surface area contributed by atoms with Crippen molar-refractivity contribution in [1.29, 1.82) is 0 Å². The van der Waals surface area contributed by atoms with Gasteiger partial charge in [-0.05, 0) is 66.0 Å². The van der Waals surface area contributed by atoms with Crippen molar-refractivity contribution >= 4 is 16.7 Å². The van der Waals surface area contributed by atoms with Crippen molar-refractivity contribution < 1.29 is 9.53 Å². The Morgan fingerprint density at radius 1 is 1.17 bits per heavy atom. The van der Waals surface area contributed by atoms with Crippen LogP contribution in [0.25, 0.3) is 10.9 Å². The minimum atomic E-state index is 0.0641. The van der Waals surface area contributed by atoms with E-state index in [1.165, 1.54) is 16.5 Å². The molecular weight excluding hydrogens is 358 g/mol. The number of carbonyl (C=O) groups excluding carboxylic acids is 1. The van der Waals surface area contributed by atoms with E-state index in [0.29, 0.717) is 18.3 Å². The van der Waals surface area contributed by atoms with E-state index in [0.717, 1.165) is 42.5 Å². The van der Waals surface area contributed by atoms with Gasteiger partial charge in [0.1, 0.15) is 11.9 Å². The van der Waals surface area contributed by atoms with Crippen LogP contribution in [0.4, 0.5) is 0 Å². The fraction of sp³-hybridized carbons (Fsp3) is 0.385. The Hall–Kier alpha value is -2.68. The summed E-state index contributed by atoms with van der Waals surface area (Å²) in [6, 6.07) is 10.9. The molecule has 3 aliphatic carbocycles. The number of hydrogen-bond donors (Lipinski definition) is 0. The maximum atomic E-state index is 12.3. The highest BCUT2D eigenvalue weighted by atomic mass is 16.5. The molecule has 2 heterocycles. The highest BCUT2D eigenvalue weighted by molar-refractivity contribution is 5.99. The van der Waals surface area contributed by atoms with Crippen LogP contribution in [0, 0.1) is 11.3 Å². The Morgan fingerprint density at radius 3 is 3.03 bits per heavy atom. The van der Waals surface area contributed by atoms with Crippen molar-refractivity contribution in [2.45, 2.75) is 51.0 Å². The van der Waals surface area contributed by atoms with Crippen LogP contribution >= 0.6 is 0 Å². The summed E-state index contributed by atoms with van der Waals surface area (Å²) in [6.07, 6.45) is 13.5. The van der Waals surface area contributed by atoms with Gasteiger partial charge in [0.2, 0.25) is 0 Å².